The number of benzene rings is 2. The van der Waals surface area contributed by atoms with E-state index in [-0.39, 0.29) is 28.8 Å². The highest BCUT2D eigenvalue weighted by atomic mass is 32.2. The second-order valence-electron chi connectivity index (χ2n) is 7.97. The number of nitrogens with one attached hydrogen (secondary N) is 1. The van der Waals surface area contributed by atoms with Crippen molar-refractivity contribution in [1.29, 1.82) is 0 Å². The number of hydrogen-bond acceptors (Lipinski definition) is 6. The van der Waals surface area contributed by atoms with Crippen molar-refractivity contribution in [2.24, 2.45) is 11.1 Å². The summed E-state index contributed by atoms with van der Waals surface area (Å²) in [5, 5.41) is 7.90. The predicted molar refractivity (Wildman–Crippen MR) is 123 cm³/mol. The monoisotopic (exact) mass is 495 g/mol. The van der Waals surface area contributed by atoms with Crippen molar-refractivity contribution in [2.45, 2.75) is 43.0 Å². The Hall–Kier alpha value is -2.47. The number of aryl methyl sites for hydroxylation is 1. The van der Waals surface area contributed by atoms with Gasteiger partial charge in [0.15, 0.2) is 0 Å². The van der Waals surface area contributed by atoms with E-state index in [1.54, 1.807) is 31.2 Å². The molecule has 180 valence electrons. The lowest BCUT2D eigenvalue weighted by Crippen LogP contribution is -2.45. The average Bonchev–Trinajstić information content (AvgIpc) is 2.78. The second-order valence-corrected chi connectivity index (χ2v) is 11.5. The molecular formula is C22H29N3O6S2. The van der Waals surface area contributed by atoms with Gasteiger partial charge in [-0.05, 0) is 68.1 Å². The first-order chi connectivity index (χ1) is 15.5. The minimum absolute atomic E-state index is 0.00442. The Morgan fingerprint density at radius 1 is 1.12 bits per heavy atom. The van der Waals surface area contributed by atoms with Crippen LogP contribution in [0.2, 0.25) is 0 Å². The number of carbonyl (C=O) groups excluding carboxylic acids is 1. The lowest BCUT2D eigenvalue weighted by Gasteiger charge is -2.31. The molecule has 9 nitrogen and oxygen atoms in total. The van der Waals surface area contributed by atoms with Gasteiger partial charge in [-0.1, -0.05) is 12.1 Å². The molecule has 0 spiro atoms. The number of carbonyl (C=O) groups is 1. The summed E-state index contributed by atoms with van der Waals surface area (Å²) in [7, 11) is -7.52. The summed E-state index contributed by atoms with van der Waals surface area (Å²) in [6, 6.07) is 10.7. The highest BCUT2D eigenvalue weighted by molar-refractivity contribution is 7.89. The van der Waals surface area contributed by atoms with Crippen molar-refractivity contribution in [2.75, 3.05) is 19.7 Å². The Morgan fingerprint density at radius 3 is 2.39 bits per heavy atom. The van der Waals surface area contributed by atoms with Gasteiger partial charge in [0.2, 0.25) is 26.0 Å². The predicted octanol–water partition coefficient (Wildman–Crippen LogP) is 1.76. The lowest BCUT2D eigenvalue weighted by atomic mass is 9.99. The van der Waals surface area contributed by atoms with Crippen LogP contribution in [0.15, 0.2) is 52.3 Å². The fourth-order valence-electron chi connectivity index (χ4n) is 3.75. The van der Waals surface area contributed by atoms with Crippen molar-refractivity contribution in [1.82, 2.24) is 9.62 Å². The molecule has 0 aromatic heterocycles. The van der Waals surface area contributed by atoms with Crippen molar-refractivity contribution in [3.8, 4) is 5.75 Å². The van der Waals surface area contributed by atoms with Gasteiger partial charge in [-0.3, -0.25) is 4.79 Å². The van der Waals surface area contributed by atoms with Gasteiger partial charge in [0.05, 0.1) is 22.3 Å². The smallest absolute Gasteiger partial charge is 0.243 e. The average molecular weight is 496 g/mol. The van der Waals surface area contributed by atoms with Gasteiger partial charge in [0.1, 0.15) is 5.75 Å². The molecule has 0 saturated carbocycles. The van der Waals surface area contributed by atoms with Crippen LogP contribution in [0.4, 0.5) is 0 Å². The molecule has 1 aliphatic heterocycles. The molecule has 1 atom stereocenters. The normalized spacial score (nSPS) is 17.5. The fraction of sp³-hybridized carbons (Fsp3) is 0.409. The van der Waals surface area contributed by atoms with E-state index in [1.807, 2.05) is 6.92 Å². The molecule has 11 heteroatoms. The standard InChI is InChI=1S/C22H29N3O6S2/c1-3-31-21-11-10-20(13-16(21)2)33(29,30)25-12-4-5-18(15-25)22(26)24-14-17-6-8-19(9-7-17)32(23,27)28/h6-11,13,18H,3-5,12,14-15H2,1-2H3,(H,24,26)(H2,23,27,28)/t18-/m0/s1. The zero-order valence-electron chi connectivity index (χ0n) is 18.7. The summed E-state index contributed by atoms with van der Waals surface area (Å²) in [6.45, 7) is 4.81. The van der Waals surface area contributed by atoms with Crippen LogP contribution in [0.5, 0.6) is 5.75 Å². The maximum atomic E-state index is 13.2. The molecule has 0 bridgehead atoms. The first kappa shape index (κ1) is 25.2. The van der Waals surface area contributed by atoms with E-state index in [4.69, 9.17) is 9.88 Å². The van der Waals surface area contributed by atoms with E-state index in [1.165, 1.54) is 22.5 Å². The van der Waals surface area contributed by atoms with E-state index >= 15 is 0 Å². The SMILES string of the molecule is CCOc1ccc(S(=O)(=O)N2CCC[C@H](C(=O)NCc3ccc(S(N)(=O)=O)cc3)C2)cc1C. The van der Waals surface area contributed by atoms with E-state index < -0.39 is 26.0 Å². The van der Waals surface area contributed by atoms with E-state index in [0.29, 0.717) is 37.3 Å². The van der Waals surface area contributed by atoms with Gasteiger partial charge in [-0.2, -0.15) is 4.31 Å². The van der Waals surface area contributed by atoms with E-state index in [0.717, 1.165) is 5.56 Å². The molecule has 1 heterocycles. The first-order valence-electron chi connectivity index (χ1n) is 10.7. The zero-order chi connectivity index (χ0) is 24.2. The molecule has 0 radical (unpaired) electrons. The molecule has 3 rings (SSSR count). The third-order valence-electron chi connectivity index (χ3n) is 5.56. The number of nitrogens with two attached hydrogens (primary N) is 1. The number of sulfonamides is 2. The molecule has 3 N–H and O–H groups in total. The molecule has 1 fully saturated rings. The molecule has 33 heavy (non-hydrogen) atoms. The van der Waals surface area contributed by atoms with Gasteiger partial charge < -0.3 is 10.1 Å². The topological polar surface area (TPSA) is 136 Å². The number of primary sulfonamides is 1. The molecular weight excluding hydrogens is 466 g/mol. The first-order valence-corrected chi connectivity index (χ1v) is 13.6. The highest BCUT2D eigenvalue weighted by Crippen LogP contribution is 2.27. The molecule has 2 aromatic carbocycles. The van der Waals surface area contributed by atoms with Gasteiger partial charge in [-0.25, -0.2) is 22.0 Å². The number of piperidine rings is 1. The Bertz CT molecular complexity index is 1210. The number of ether oxygens (including phenoxy) is 1. The summed E-state index contributed by atoms with van der Waals surface area (Å²) < 4.78 is 55.9. The van der Waals surface area contributed by atoms with Crippen LogP contribution in [0.3, 0.4) is 0 Å². The van der Waals surface area contributed by atoms with Crippen LogP contribution in [-0.2, 0) is 31.4 Å². The molecule has 0 unspecified atom stereocenters. The maximum Gasteiger partial charge on any atom is 0.243 e. The van der Waals surface area contributed by atoms with Crippen LogP contribution in [0, 0.1) is 12.8 Å². The number of rotatable bonds is 8. The summed E-state index contributed by atoms with van der Waals surface area (Å²) in [6.07, 6.45) is 1.17. The molecule has 1 aliphatic rings. The lowest BCUT2D eigenvalue weighted by molar-refractivity contribution is -0.126. The van der Waals surface area contributed by atoms with Crippen LogP contribution in [-0.4, -0.2) is 46.7 Å². The van der Waals surface area contributed by atoms with E-state index in [2.05, 4.69) is 5.32 Å². The third kappa shape index (κ3) is 6.11. The summed E-state index contributed by atoms with van der Waals surface area (Å²) in [5.41, 5.74) is 1.44. The van der Waals surface area contributed by atoms with Crippen molar-refractivity contribution in [3.05, 3.63) is 53.6 Å². The molecule has 2 aromatic rings. The summed E-state index contributed by atoms with van der Waals surface area (Å²) in [5.74, 6) is -0.0706. The number of amides is 1. The van der Waals surface area contributed by atoms with Crippen molar-refractivity contribution >= 4 is 26.0 Å². The quantitative estimate of drug-likeness (QED) is 0.573. The van der Waals surface area contributed by atoms with E-state index in [9.17, 15) is 21.6 Å². The van der Waals surface area contributed by atoms with Gasteiger partial charge >= 0.3 is 0 Å². The summed E-state index contributed by atoms with van der Waals surface area (Å²) >= 11 is 0. The fourth-order valence-corrected chi connectivity index (χ4v) is 5.88. The van der Waals surface area contributed by atoms with Crippen LogP contribution < -0.4 is 15.2 Å². The zero-order valence-corrected chi connectivity index (χ0v) is 20.3. The Kier molecular flexibility index (Phi) is 7.78. The third-order valence-corrected chi connectivity index (χ3v) is 8.35. The largest absolute Gasteiger partial charge is 0.494 e. The minimum atomic E-state index is -3.78. The van der Waals surface area contributed by atoms with Gasteiger partial charge in [-0.15, -0.1) is 0 Å². The van der Waals surface area contributed by atoms with Crippen molar-refractivity contribution < 1.29 is 26.4 Å². The van der Waals surface area contributed by atoms with Crippen LogP contribution in [0.1, 0.15) is 30.9 Å². The number of hydrogen-bond donors (Lipinski definition) is 2. The minimum Gasteiger partial charge on any atom is -0.494 e. The van der Waals surface area contributed by atoms with Crippen LogP contribution in [0.25, 0.3) is 0 Å². The number of nitrogens with zero attached hydrogens (tertiary/aromatic N) is 1. The Labute approximate surface area is 195 Å². The Balaban J connectivity index is 1.64. The van der Waals surface area contributed by atoms with Crippen LogP contribution >= 0.6 is 0 Å². The highest BCUT2D eigenvalue weighted by Gasteiger charge is 2.33. The molecule has 0 aliphatic carbocycles. The summed E-state index contributed by atoms with van der Waals surface area (Å²) in [4.78, 5) is 12.9. The second kappa shape index (κ2) is 10.2. The van der Waals surface area contributed by atoms with Gasteiger partial charge in [0.25, 0.3) is 0 Å². The maximum absolute atomic E-state index is 13.2. The van der Waals surface area contributed by atoms with Gasteiger partial charge in [0, 0.05) is 19.6 Å². The molecule has 1 amide bonds. The molecule has 1 saturated heterocycles. The Morgan fingerprint density at radius 2 is 1.79 bits per heavy atom. The van der Waals surface area contributed by atoms with Crippen molar-refractivity contribution in [3.63, 3.8) is 0 Å².